The van der Waals surface area contributed by atoms with E-state index in [0.717, 1.165) is 25.1 Å². The molecule has 1 aromatic carbocycles. The standard InChI is InChI=1S/C11H14FN.2ClH/c12-11-8-4-5-9-13(11)10-6-2-1-3-7-10;;/h1-3,6-7,11H,4-5,8-9H2;2*1H. The van der Waals surface area contributed by atoms with Crippen LogP contribution in [0.3, 0.4) is 0 Å². The molecule has 0 saturated carbocycles. The summed E-state index contributed by atoms with van der Waals surface area (Å²) >= 11 is 0. The highest BCUT2D eigenvalue weighted by Gasteiger charge is 2.21. The van der Waals surface area contributed by atoms with E-state index in [-0.39, 0.29) is 24.8 Å². The molecule has 1 nitrogen and oxygen atoms in total. The molecule has 0 amide bonds. The van der Waals surface area contributed by atoms with Crippen molar-refractivity contribution in [2.75, 3.05) is 11.4 Å². The Labute approximate surface area is 102 Å². The highest BCUT2D eigenvalue weighted by atomic mass is 35.5. The number of piperidine rings is 1. The van der Waals surface area contributed by atoms with Crippen molar-refractivity contribution in [1.82, 2.24) is 0 Å². The predicted octanol–water partition coefficient (Wildman–Crippen LogP) is 3.82. The van der Waals surface area contributed by atoms with E-state index in [1.165, 1.54) is 0 Å². The van der Waals surface area contributed by atoms with Gasteiger partial charge in [-0.3, -0.25) is 0 Å². The third kappa shape index (κ3) is 3.54. The Balaban J connectivity index is 0.000000980. The zero-order valence-electron chi connectivity index (χ0n) is 8.43. The number of halogens is 3. The normalized spacial score (nSPS) is 20.1. The van der Waals surface area contributed by atoms with E-state index in [1.807, 2.05) is 35.2 Å². The van der Waals surface area contributed by atoms with Crippen molar-refractivity contribution in [3.05, 3.63) is 30.3 Å². The molecule has 1 saturated heterocycles. The van der Waals surface area contributed by atoms with Gasteiger partial charge >= 0.3 is 0 Å². The van der Waals surface area contributed by atoms with Gasteiger partial charge in [0.1, 0.15) is 0 Å². The fourth-order valence-corrected chi connectivity index (χ4v) is 1.80. The Morgan fingerprint density at radius 3 is 2.33 bits per heavy atom. The van der Waals surface area contributed by atoms with Crippen LogP contribution in [0.2, 0.25) is 0 Å². The molecule has 1 fully saturated rings. The number of benzene rings is 1. The summed E-state index contributed by atoms with van der Waals surface area (Å²) in [5.41, 5.74) is 1.01. The first-order valence-electron chi connectivity index (χ1n) is 4.84. The zero-order chi connectivity index (χ0) is 9.10. The van der Waals surface area contributed by atoms with E-state index in [0.29, 0.717) is 6.42 Å². The van der Waals surface area contributed by atoms with Crippen molar-refractivity contribution in [3.8, 4) is 0 Å². The third-order valence-corrected chi connectivity index (χ3v) is 2.52. The number of alkyl halides is 1. The van der Waals surface area contributed by atoms with Crippen molar-refractivity contribution in [2.45, 2.75) is 25.6 Å². The van der Waals surface area contributed by atoms with E-state index >= 15 is 0 Å². The fraction of sp³-hybridized carbons (Fsp3) is 0.455. The molecule has 2 rings (SSSR count). The van der Waals surface area contributed by atoms with Crippen LogP contribution in [0.1, 0.15) is 19.3 Å². The maximum absolute atomic E-state index is 13.5. The van der Waals surface area contributed by atoms with E-state index < -0.39 is 6.30 Å². The van der Waals surface area contributed by atoms with Crippen molar-refractivity contribution < 1.29 is 4.39 Å². The van der Waals surface area contributed by atoms with E-state index in [9.17, 15) is 4.39 Å². The van der Waals surface area contributed by atoms with Gasteiger partial charge in [-0.25, -0.2) is 4.39 Å². The molecular formula is C11H16Cl2FN. The topological polar surface area (TPSA) is 3.24 Å². The Bertz CT molecular complexity index is 269. The molecule has 86 valence electrons. The summed E-state index contributed by atoms with van der Waals surface area (Å²) in [6.07, 6.45) is 2.02. The minimum atomic E-state index is -0.781. The van der Waals surface area contributed by atoms with Crippen molar-refractivity contribution >= 4 is 30.5 Å². The Kier molecular flexibility index (Phi) is 6.70. The van der Waals surface area contributed by atoms with Gasteiger partial charge in [-0.1, -0.05) is 18.2 Å². The molecule has 1 heterocycles. The molecule has 0 aromatic heterocycles. The minimum absolute atomic E-state index is 0. The highest BCUT2D eigenvalue weighted by molar-refractivity contribution is 5.85. The van der Waals surface area contributed by atoms with Crippen LogP contribution in [0, 0.1) is 0 Å². The number of hydrogen-bond donors (Lipinski definition) is 0. The van der Waals surface area contributed by atoms with Gasteiger partial charge in [-0.15, -0.1) is 24.8 Å². The van der Waals surface area contributed by atoms with Crippen LogP contribution in [-0.2, 0) is 0 Å². The molecule has 1 aliphatic heterocycles. The average Bonchev–Trinajstić information content (AvgIpc) is 2.20. The monoisotopic (exact) mass is 251 g/mol. The predicted molar refractivity (Wildman–Crippen MR) is 67.0 cm³/mol. The summed E-state index contributed by atoms with van der Waals surface area (Å²) in [6.45, 7) is 0.852. The van der Waals surface area contributed by atoms with Gasteiger partial charge < -0.3 is 4.90 Å². The molecule has 15 heavy (non-hydrogen) atoms. The van der Waals surface area contributed by atoms with E-state index in [2.05, 4.69) is 0 Å². The minimum Gasteiger partial charge on any atom is -0.342 e. The first-order valence-corrected chi connectivity index (χ1v) is 4.84. The summed E-state index contributed by atoms with van der Waals surface area (Å²) in [6, 6.07) is 9.81. The molecule has 0 N–H and O–H groups in total. The van der Waals surface area contributed by atoms with Crippen molar-refractivity contribution in [1.29, 1.82) is 0 Å². The van der Waals surface area contributed by atoms with Crippen LogP contribution in [0.4, 0.5) is 10.1 Å². The van der Waals surface area contributed by atoms with Gasteiger partial charge in [-0.2, -0.15) is 0 Å². The lowest BCUT2D eigenvalue weighted by Gasteiger charge is -2.32. The molecule has 0 bridgehead atoms. The van der Waals surface area contributed by atoms with Crippen LogP contribution in [-0.4, -0.2) is 12.8 Å². The molecule has 1 aromatic rings. The second kappa shape index (κ2) is 6.91. The first-order chi connectivity index (χ1) is 6.38. The largest absolute Gasteiger partial charge is 0.342 e. The Hall–Kier alpha value is -0.470. The molecule has 4 heteroatoms. The van der Waals surface area contributed by atoms with E-state index in [4.69, 9.17) is 0 Å². The number of nitrogens with zero attached hydrogens (tertiary/aromatic N) is 1. The maximum Gasteiger partial charge on any atom is 0.172 e. The summed E-state index contributed by atoms with van der Waals surface area (Å²) in [5.74, 6) is 0. The van der Waals surface area contributed by atoms with Crippen molar-refractivity contribution in [3.63, 3.8) is 0 Å². The highest BCUT2D eigenvalue weighted by Crippen LogP contribution is 2.24. The summed E-state index contributed by atoms with van der Waals surface area (Å²) in [7, 11) is 0. The number of rotatable bonds is 1. The second-order valence-electron chi connectivity index (χ2n) is 3.46. The second-order valence-corrected chi connectivity index (χ2v) is 3.46. The quantitative estimate of drug-likeness (QED) is 0.687. The number of para-hydroxylation sites is 1. The molecule has 0 radical (unpaired) electrons. The summed E-state index contributed by atoms with van der Waals surface area (Å²) in [5, 5.41) is 0. The summed E-state index contributed by atoms with van der Waals surface area (Å²) in [4.78, 5) is 1.85. The molecule has 0 aliphatic carbocycles. The smallest absolute Gasteiger partial charge is 0.172 e. The third-order valence-electron chi connectivity index (χ3n) is 2.52. The van der Waals surface area contributed by atoms with Gasteiger partial charge in [0.05, 0.1) is 0 Å². The lowest BCUT2D eigenvalue weighted by Crippen LogP contribution is -2.36. The van der Waals surface area contributed by atoms with Gasteiger partial charge in [0.25, 0.3) is 0 Å². The Morgan fingerprint density at radius 2 is 1.73 bits per heavy atom. The molecule has 1 unspecified atom stereocenters. The van der Waals surface area contributed by atoms with E-state index in [1.54, 1.807) is 0 Å². The van der Waals surface area contributed by atoms with Crippen LogP contribution < -0.4 is 4.90 Å². The van der Waals surface area contributed by atoms with Gasteiger partial charge in [0.2, 0.25) is 0 Å². The average molecular weight is 252 g/mol. The lowest BCUT2D eigenvalue weighted by molar-refractivity contribution is 0.266. The van der Waals surface area contributed by atoms with Crippen LogP contribution >= 0.6 is 24.8 Å². The maximum atomic E-state index is 13.5. The number of hydrogen-bond acceptors (Lipinski definition) is 1. The Morgan fingerprint density at radius 1 is 1.07 bits per heavy atom. The molecule has 0 spiro atoms. The summed E-state index contributed by atoms with van der Waals surface area (Å²) < 4.78 is 13.5. The van der Waals surface area contributed by atoms with Crippen LogP contribution in [0.15, 0.2) is 30.3 Å². The first kappa shape index (κ1) is 14.5. The van der Waals surface area contributed by atoms with Gasteiger partial charge in [0.15, 0.2) is 6.30 Å². The van der Waals surface area contributed by atoms with Gasteiger partial charge in [0, 0.05) is 12.2 Å². The van der Waals surface area contributed by atoms with Gasteiger partial charge in [-0.05, 0) is 31.4 Å². The molecule has 1 aliphatic rings. The lowest BCUT2D eigenvalue weighted by atomic mass is 10.1. The molecule has 1 atom stereocenters. The zero-order valence-corrected chi connectivity index (χ0v) is 10.1. The SMILES string of the molecule is Cl.Cl.FC1CCCCN1c1ccccc1. The van der Waals surface area contributed by atoms with Crippen LogP contribution in [0.25, 0.3) is 0 Å². The number of anilines is 1. The fourth-order valence-electron chi connectivity index (χ4n) is 1.80. The molecular weight excluding hydrogens is 236 g/mol. The van der Waals surface area contributed by atoms with Crippen LogP contribution in [0.5, 0.6) is 0 Å². The van der Waals surface area contributed by atoms with Crippen molar-refractivity contribution in [2.24, 2.45) is 0 Å².